The van der Waals surface area contributed by atoms with Gasteiger partial charge in [0.15, 0.2) is 0 Å². The third-order valence-electron chi connectivity index (χ3n) is 5.96. The van der Waals surface area contributed by atoms with Crippen LogP contribution in [0.2, 0.25) is 0 Å². The van der Waals surface area contributed by atoms with Crippen LogP contribution in [0.4, 0.5) is 5.69 Å². The minimum absolute atomic E-state index is 0.778. The Morgan fingerprint density at radius 1 is 0.861 bits per heavy atom. The van der Waals surface area contributed by atoms with Crippen molar-refractivity contribution in [3.05, 3.63) is 126 Å². The smallest absolute Gasteiger partial charge is 0.211 e. The molecule has 0 unspecified atom stereocenters. The number of thiazole rings is 1. The molecule has 6 rings (SSSR count). The minimum Gasteiger partial charge on any atom is -0.306 e. The van der Waals surface area contributed by atoms with Crippen LogP contribution in [0.1, 0.15) is 12.5 Å². The summed E-state index contributed by atoms with van der Waals surface area (Å²) in [6.07, 6.45) is 9.00. The van der Waals surface area contributed by atoms with Crippen molar-refractivity contribution < 1.29 is 0 Å². The summed E-state index contributed by atoms with van der Waals surface area (Å²) in [5.74, 6) is 0. The Labute approximate surface area is 212 Å². The van der Waals surface area contributed by atoms with Crippen LogP contribution in [0, 0.1) is 0 Å². The van der Waals surface area contributed by atoms with Crippen LogP contribution in [0.3, 0.4) is 0 Å². The molecule has 0 N–H and O–H groups in total. The van der Waals surface area contributed by atoms with E-state index in [0.717, 1.165) is 38.7 Å². The third-order valence-corrected chi connectivity index (χ3v) is 6.78. The molecule has 3 aromatic heterocycles. The van der Waals surface area contributed by atoms with Gasteiger partial charge in [0.2, 0.25) is 4.80 Å². The molecule has 0 saturated heterocycles. The largest absolute Gasteiger partial charge is 0.306 e. The van der Waals surface area contributed by atoms with Gasteiger partial charge in [-0.15, -0.1) is 11.3 Å². The van der Waals surface area contributed by atoms with Gasteiger partial charge in [0.1, 0.15) is 0 Å². The first-order valence-corrected chi connectivity index (χ1v) is 12.4. The topological polar surface area (TPSA) is 60.4 Å². The first-order valence-electron chi connectivity index (χ1n) is 11.5. The van der Waals surface area contributed by atoms with Crippen molar-refractivity contribution in [3.63, 3.8) is 0 Å². The van der Waals surface area contributed by atoms with Crippen LogP contribution in [0.15, 0.2) is 125 Å². The number of imidazole rings is 1. The summed E-state index contributed by atoms with van der Waals surface area (Å²) in [5, 5.41) is 9.56. The lowest BCUT2D eigenvalue weighted by Crippen LogP contribution is -2.14. The van der Waals surface area contributed by atoms with Crippen LogP contribution in [-0.4, -0.2) is 24.9 Å². The molecular weight excluding hydrogens is 464 g/mol. The standard InChI is InChI=1S/C29H22N6S/c1-21(22-11-13-25(14-12-22)34-17-16-31-20-34)33-35-28(19-36-29(35)32-24-8-5-15-30-18-24)27-10-4-7-23-6-2-3-9-26(23)27/h2-20H,1H3. The highest BCUT2D eigenvalue weighted by molar-refractivity contribution is 7.07. The van der Waals surface area contributed by atoms with Gasteiger partial charge in [-0.3, -0.25) is 4.98 Å². The third kappa shape index (κ3) is 4.28. The lowest BCUT2D eigenvalue weighted by molar-refractivity contribution is 0.848. The predicted molar refractivity (Wildman–Crippen MR) is 146 cm³/mol. The van der Waals surface area contributed by atoms with Crippen LogP contribution >= 0.6 is 11.3 Å². The lowest BCUT2D eigenvalue weighted by Gasteiger charge is -2.10. The number of nitrogens with zero attached hydrogens (tertiary/aromatic N) is 6. The van der Waals surface area contributed by atoms with E-state index in [9.17, 15) is 0 Å². The Balaban J connectivity index is 1.50. The molecule has 3 aromatic carbocycles. The van der Waals surface area contributed by atoms with E-state index >= 15 is 0 Å². The average Bonchev–Trinajstić information content (AvgIpc) is 3.60. The molecule has 36 heavy (non-hydrogen) atoms. The number of benzene rings is 3. The second kappa shape index (κ2) is 9.56. The summed E-state index contributed by atoms with van der Waals surface area (Å²) in [7, 11) is 0. The first-order chi connectivity index (χ1) is 17.8. The van der Waals surface area contributed by atoms with Crippen LogP contribution in [-0.2, 0) is 0 Å². The second-order valence-electron chi connectivity index (χ2n) is 8.27. The first kappa shape index (κ1) is 21.9. The van der Waals surface area contributed by atoms with Crippen molar-refractivity contribution >= 4 is 33.5 Å². The number of hydrogen-bond donors (Lipinski definition) is 0. The van der Waals surface area contributed by atoms with Gasteiger partial charge in [-0.1, -0.05) is 54.6 Å². The van der Waals surface area contributed by atoms with Gasteiger partial charge in [-0.25, -0.2) is 14.7 Å². The van der Waals surface area contributed by atoms with Gasteiger partial charge < -0.3 is 4.57 Å². The zero-order chi connectivity index (χ0) is 24.3. The van der Waals surface area contributed by atoms with E-state index in [1.165, 1.54) is 10.8 Å². The minimum atomic E-state index is 0.778. The molecule has 6 nitrogen and oxygen atoms in total. The Morgan fingerprint density at radius 2 is 1.72 bits per heavy atom. The van der Waals surface area contributed by atoms with Crippen molar-refractivity contribution in [3.8, 4) is 16.9 Å². The van der Waals surface area contributed by atoms with E-state index < -0.39 is 0 Å². The maximum Gasteiger partial charge on any atom is 0.211 e. The highest BCUT2D eigenvalue weighted by Crippen LogP contribution is 2.29. The number of fused-ring (bicyclic) bond motifs is 1. The Bertz CT molecular complexity index is 1720. The summed E-state index contributed by atoms with van der Waals surface area (Å²) < 4.78 is 3.92. The molecule has 6 aromatic rings. The van der Waals surface area contributed by atoms with Gasteiger partial charge in [0.05, 0.1) is 29.6 Å². The SMILES string of the molecule is CC(=Nn1c(-c2cccc3ccccc23)csc1=Nc1cccnc1)c1ccc(-n2ccnc2)cc1. The second-order valence-corrected chi connectivity index (χ2v) is 9.10. The quantitative estimate of drug-likeness (QED) is 0.263. The van der Waals surface area contributed by atoms with E-state index in [4.69, 9.17) is 10.1 Å². The monoisotopic (exact) mass is 486 g/mol. The zero-order valence-corrected chi connectivity index (χ0v) is 20.4. The predicted octanol–water partition coefficient (Wildman–Crippen LogP) is 6.46. The fourth-order valence-corrected chi connectivity index (χ4v) is 4.97. The molecule has 0 amide bonds. The van der Waals surface area contributed by atoms with Gasteiger partial charge in [-0.2, -0.15) is 5.10 Å². The summed E-state index contributed by atoms with van der Waals surface area (Å²) in [6, 6.07) is 26.9. The van der Waals surface area contributed by atoms with Gasteiger partial charge in [-0.05, 0) is 47.5 Å². The molecule has 0 bridgehead atoms. The average molecular weight is 487 g/mol. The van der Waals surface area contributed by atoms with Gasteiger partial charge in [0, 0.05) is 35.2 Å². The number of pyridine rings is 1. The maximum atomic E-state index is 5.07. The van der Waals surface area contributed by atoms with Crippen LogP contribution < -0.4 is 4.80 Å². The lowest BCUT2D eigenvalue weighted by atomic mass is 10.0. The summed E-state index contributed by atoms with van der Waals surface area (Å²) in [5.41, 5.74) is 5.87. The Hall–Kier alpha value is -4.62. The van der Waals surface area contributed by atoms with Crippen molar-refractivity contribution in [2.75, 3.05) is 0 Å². The Kier molecular flexibility index (Phi) is 5.81. The highest BCUT2D eigenvalue weighted by Gasteiger charge is 2.12. The van der Waals surface area contributed by atoms with Crippen molar-refractivity contribution in [1.29, 1.82) is 0 Å². The molecule has 7 heteroatoms. The van der Waals surface area contributed by atoms with Crippen molar-refractivity contribution in [1.82, 2.24) is 19.2 Å². The Morgan fingerprint density at radius 3 is 2.53 bits per heavy atom. The molecule has 0 aliphatic rings. The van der Waals surface area contributed by atoms with E-state index in [2.05, 4.69) is 82.1 Å². The zero-order valence-electron chi connectivity index (χ0n) is 19.6. The summed E-state index contributed by atoms with van der Waals surface area (Å²) in [6.45, 7) is 2.03. The van der Waals surface area contributed by atoms with Crippen LogP contribution in [0.5, 0.6) is 0 Å². The molecule has 174 valence electrons. The molecule has 0 radical (unpaired) electrons. The van der Waals surface area contributed by atoms with Crippen molar-refractivity contribution in [2.24, 2.45) is 10.1 Å². The van der Waals surface area contributed by atoms with E-state index in [-0.39, 0.29) is 0 Å². The molecular formula is C29H22N6S. The van der Waals surface area contributed by atoms with E-state index in [1.807, 2.05) is 34.5 Å². The fraction of sp³-hybridized carbons (Fsp3) is 0.0345. The highest BCUT2D eigenvalue weighted by atomic mass is 32.1. The molecule has 3 heterocycles. The van der Waals surface area contributed by atoms with E-state index in [0.29, 0.717) is 0 Å². The fourth-order valence-electron chi connectivity index (χ4n) is 4.13. The van der Waals surface area contributed by atoms with E-state index in [1.54, 1.807) is 36.3 Å². The van der Waals surface area contributed by atoms with Crippen LogP contribution in [0.25, 0.3) is 27.7 Å². The van der Waals surface area contributed by atoms with Gasteiger partial charge >= 0.3 is 0 Å². The van der Waals surface area contributed by atoms with Gasteiger partial charge in [0.25, 0.3) is 0 Å². The molecule has 0 aliphatic heterocycles. The number of hydrogen-bond acceptors (Lipinski definition) is 5. The molecule has 0 aliphatic carbocycles. The molecule has 0 spiro atoms. The molecule has 0 fully saturated rings. The normalized spacial score (nSPS) is 12.4. The van der Waals surface area contributed by atoms with Crippen molar-refractivity contribution in [2.45, 2.75) is 6.92 Å². The summed E-state index contributed by atoms with van der Waals surface area (Å²) in [4.78, 5) is 14.0. The number of rotatable bonds is 5. The summed E-state index contributed by atoms with van der Waals surface area (Å²) >= 11 is 1.56. The molecule has 0 atom stereocenters. The molecule has 0 saturated carbocycles. The number of aromatic nitrogens is 4. The maximum absolute atomic E-state index is 5.07.